The molecule has 22 heavy (non-hydrogen) atoms. The van der Waals surface area contributed by atoms with Gasteiger partial charge in [0, 0.05) is 18.2 Å². The summed E-state index contributed by atoms with van der Waals surface area (Å²) in [5.74, 6) is -2.23. The molecule has 2 heterocycles. The molecule has 0 fully saturated rings. The summed E-state index contributed by atoms with van der Waals surface area (Å²) in [5, 5.41) is 11.6. The molecule has 0 amide bonds. The zero-order valence-corrected chi connectivity index (χ0v) is 12.4. The van der Waals surface area contributed by atoms with Gasteiger partial charge in [-0.2, -0.15) is 0 Å². The van der Waals surface area contributed by atoms with E-state index in [0.29, 0.717) is 5.56 Å². The van der Waals surface area contributed by atoms with Crippen LogP contribution in [0.2, 0.25) is 0 Å². The van der Waals surface area contributed by atoms with Crippen LogP contribution in [0, 0.1) is 5.92 Å². The molecule has 0 aliphatic carbocycles. The predicted molar refractivity (Wildman–Crippen MR) is 84.5 cm³/mol. The van der Waals surface area contributed by atoms with E-state index in [0.717, 1.165) is 23.9 Å². The normalized spacial score (nSPS) is 23.5. The second kappa shape index (κ2) is 4.57. The van der Waals surface area contributed by atoms with Gasteiger partial charge in [-0.3, -0.25) is 9.59 Å². The maximum absolute atomic E-state index is 12.6. The summed E-state index contributed by atoms with van der Waals surface area (Å²) < 4.78 is 0. The minimum absolute atomic E-state index is 0.250. The molecule has 2 aromatic carbocycles. The zero-order valence-electron chi connectivity index (χ0n) is 12.4. The van der Waals surface area contributed by atoms with Crippen molar-refractivity contribution in [2.75, 3.05) is 11.4 Å². The quantitative estimate of drug-likeness (QED) is 0.822. The third-order valence-electron chi connectivity index (χ3n) is 5.02. The van der Waals surface area contributed by atoms with Crippen LogP contribution in [0.5, 0.6) is 0 Å². The predicted octanol–water partition coefficient (Wildman–Crippen LogP) is 2.88. The minimum Gasteiger partial charge on any atom is -0.481 e. The van der Waals surface area contributed by atoms with Gasteiger partial charge in [0.25, 0.3) is 0 Å². The Hall–Kier alpha value is -2.36. The first-order valence-electron chi connectivity index (χ1n) is 7.66. The van der Waals surface area contributed by atoms with Gasteiger partial charge >= 0.3 is 5.97 Å². The summed E-state index contributed by atoms with van der Waals surface area (Å²) in [6.45, 7) is 2.39. The van der Waals surface area contributed by atoms with E-state index in [1.807, 2.05) is 24.3 Å². The Labute approximate surface area is 128 Å². The van der Waals surface area contributed by atoms with Crippen LogP contribution in [0.1, 0.15) is 29.3 Å². The van der Waals surface area contributed by atoms with Crippen molar-refractivity contribution in [3.8, 4) is 0 Å². The number of carboxylic acids is 1. The number of ketones is 1. The third kappa shape index (κ3) is 1.70. The van der Waals surface area contributed by atoms with E-state index in [1.165, 1.54) is 10.9 Å². The molecule has 0 saturated carbocycles. The highest BCUT2D eigenvalue weighted by Gasteiger charge is 2.41. The van der Waals surface area contributed by atoms with Crippen LogP contribution in [0.3, 0.4) is 0 Å². The Balaban J connectivity index is 2.04. The van der Waals surface area contributed by atoms with Crippen LogP contribution in [0.4, 0.5) is 5.69 Å². The van der Waals surface area contributed by atoms with Crippen molar-refractivity contribution < 1.29 is 14.7 Å². The molecule has 1 N–H and O–H groups in total. The molecule has 2 aliphatic heterocycles. The Morgan fingerprint density at radius 1 is 1.32 bits per heavy atom. The fourth-order valence-corrected chi connectivity index (χ4v) is 3.84. The Kier molecular flexibility index (Phi) is 2.76. The van der Waals surface area contributed by atoms with Crippen molar-refractivity contribution >= 4 is 28.2 Å². The van der Waals surface area contributed by atoms with Gasteiger partial charge in [0.2, 0.25) is 0 Å². The lowest BCUT2D eigenvalue weighted by Gasteiger charge is -2.43. The number of carbonyl (C=O) groups excluding carboxylic acids is 1. The number of aryl methyl sites for hydroxylation is 1. The number of Topliss-reactive ketones (excluding diaryl/α,β-unsaturated/α-hetero) is 1. The molecule has 2 unspecified atom stereocenters. The smallest absolute Gasteiger partial charge is 0.316 e. The van der Waals surface area contributed by atoms with Crippen molar-refractivity contribution in [1.29, 1.82) is 0 Å². The number of carboxylic acid groups (broad SMARTS) is 1. The van der Waals surface area contributed by atoms with Gasteiger partial charge in [0.15, 0.2) is 5.78 Å². The summed E-state index contributed by atoms with van der Waals surface area (Å²) in [7, 11) is 0. The van der Waals surface area contributed by atoms with Crippen molar-refractivity contribution in [1.82, 2.24) is 0 Å². The van der Waals surface area contributed by atoms with Crippen LogP contribution in [0.15, 0.2) is 30.3 Å². The maximum atomic E-state index is 12.6. The summed E-state index contributed by atoms with van der Waals surface area (Å²) in [6, 6.07) is 10.2. The SMILES string of the molecule is CC1CCc2c3c(cc4ccccc24)C(=O)C(C(=O)O)CN31. The first kappa shape index (κ1) is 13.3. The van der Waals surface area contributed by atoms with Gasteiger partial charge in [-0.1, -0.05) is 24.3 Å². The Bertz CT molecular complexity index is 811. The van der Waals surface area contributed by atoms with Crippen LogP contribution >= 0.6 is 0 Å². The molecular weight excluding hydrogens is 278 g/mol. The van der Waals surface area contributed by atoms with E-state index in [4.69, 9.17) is 0 Å². The maximum Gasteiger partial charge on any atom is 0.316 e. The molecule has 4 heteroatoms. The number of rotatable bonds is 1. The fourth-order valence-electron chi connectivity index (χ4n) is 3.84. The van der Waals surface area contributed by atoms with Gasteiger partial charge < -0.3 is 10.0 Å². The van der Waals surface area contributed by atoms with Gasteiger partial charge in [-0.05, 0) is 42.2 Å². The zero-order chi connectivity index (χ0) is 15.4. The first-order chi connectivity index (χ1) is 10.6. The van der Waals surface area contributed by atoms with E-state index in [9.17, 15) is 14.7 Å². The molecule has 4 nitrogen and oxygen atoms in total. The highest BCUT2D eigenvalue weighted by Crippen LogP contribution is 2.42. The molecule has 0 aromatic heterocycles. The van der Waals surface area contributed by atoms with E-state index >= 15 is 0 Å². The number of anilines is 1. The van der Waals surface area contributed by atoms with E-state index in [2.05, 4.69) is 17.9 Å². The number of hydrogen-bond donors (Lipinski definition) is 1. The number of nitrogens with zero attached hydrogens (tertiary/aromatic N) is 1. The number of fused-ring (bicyclic) bond motifs is 2. The van der Waals surface area contributed by atoms with Gasteiger partial charge in [-0.25, -0.2) is 0 Å². The van der Waals surface area contributed by atoms with Crippen molar-refractivity contribution in [2.45, 2.75) is 25.8 Å². The van der Waals surface area contributed by atoms with Gasteiger partial charge in [0.1, 0.15) is 5.92 Å². The number of carbonyl (C=O) groups is 2. The average Bonchev–Trinajstić information content (AvgIpc) is 2.51. The van der Waals surface area contributed by atoms with E-state index in [-0.39, 0.29) is 18.4 Å². The summed E-state index contributed by atoms with van der Waals surface area (Å²) in [5.41, 5.74) is 2.75. The lowest BCUT2D eigenvalue weighted by atomic mass is 9.81. The molecule has 0 radical (unpaired) electrons. The lowest BCUT2D eigenvalue weighted by molar-refractivity contribution is -0.139. The highest BCUT2D eigenvalue weighted by atomic mass is 16.4. The third-order valence-corrected chi connectivity index (χ3v) is 5.02. The number of aliphatic carboxylic acids is 1. The second-order valence-corrected chi connectivity index (χ2v) is 6.27. The van der Waals surface area contributed by atoms with E-state index in [1.54, 1.807) is 0 Å². The summed E-state index contributed by atoms with van der Waals surface area (Å²) in [4.78, 5) is 26.2. The Morgan fingerprint density at radius 2 is 2.09 bits per heavy atom. The van der Waals surface area contributed by atoms with Gasteiger partial charge in [0.05, 0.1) is 5.69 Å². The average molecular weight is 295 g/mol. The van der Waals surface area contributed by atoms with E-state index < -0.39 is 11.9 Å². The van der Waals surface area contributed by atoms with Crippen LogP contribution < -0.4 is 4.90 Å². The van der Waals surface area contributed by atoms with Crippen molar-refractivity contribution in [2.24, 2.45) is 5.92 Å². The highest BCUT2D eigenvalue weighted by molar-refractivity contribution is 6.16. The first-order valence-corrected chi connectivity index (χ1v) is 7.66. The molecule has 4 rings (SSSR count). The molecule has 2 atom stereocenters. The standard InChI is InChI=1S/C18H17NO3/c1-10-6-7-13-12-5-3-2-4-11(12)8-14-16(13)19(10)9-15(17(14)20)18(21)22/h2-5,8,10,15H,6-7,9H2,1H3,(H,21,22). The lowest BCUT2D eigenvalue weighted by Crippen LogP contribution is -2.49. The monoisotopic (exact) mass is 295 g/mol. The largest absolute Gasteiger partial charge is 0.481 e. The van der Waals surface area contributed by atoms with Gasteiger partial charge in [-0.15, -0.1) is 0 Å². The molecule has 0 spiro atoms. The summed E-state index contributed by atoms with van der Waals surface area (Å²) >= 11 is 0. The van der Waals surface area contributed by atoms with Crippen LogP contribution in [-0.4, -0.2) is 29.4 Å². The molecule has 112 valence electrons. The number of hydrogen-bond acceptors (Lipinski definition) is 3. The topological polar surface area (TPSA) is 57.6 Å². The number of benzene rings is 2. The fraction of sp³-hybridized carbons (Fsp3) is 0.333. The summed E-state index contributed by atoms with van der Waals surface area (Å²) in [6.07, 6.45) is 1.92. The van der Waals surface area contributed by atoms with Crippen LogP contribution in [0.25, 0.3) is 10.8 Å². The molecular formula is C18H17NO3. The molecule has 2 aliphatic rings. The molecule has 0 bridgehead atoms. The Morgan fingerprint density at radius 3 is 2.86 bits per heavy atom. The minimum atomic E-state index is -1.02. The second-order valence-electron chi connectivity index (χ2n) is 6.27. The van der Waals surface area contributed by atoms with Crippen LogP contribution in [-0.2, 0) is 11.2 Å². The van der Waals surface area contributed by atoms with Crippen molar-refractivity contribution in [3.63, 3.8) is 0 Å². The molecule has 0 saturated heterocycles. The van der Waals surface area contributed by atoms with Crippen molar-refractivity contribution in [3.05, 3.63) is 41.5 Å². The molecule has 2 aromatic rings.